The van der Waals surface area contributed by atoms with Gasteiger partial charge >= 0.3 is 0 Å². The first-order chi connectivity index (χ1) is 9.94. The molecule has 0 spiro atoms. The zero-order valence-corrected chi connectivity index (χ0v) is 13.7. The summed E-state index contributed by atoms with van der Waals surface area (Å²) in [5.74, 6) is 3.35. The van der Waals surface area contributed by atoms with E-state index in [0.29, 0.717) is 11.3 Å². The highest BCUT2D eigenvalue weighted by Crippen LogP contribution is 2.65. The lowest BCUT2D eigenvalue weighted by molar-refractivity contribution is -0.111. The van der Waals surface area contributed by atoms with E-state index in [1.807, 2.05) is 12.2 Å². The van der Waals surface area contributed by atoms with Gasteiger partial charge in [-0.05, 0) is 73.3 Å². The second kappa shape index (κ2) is 4.33. The van der Waals surface area contributed by atoms with Crippen LogP contribution in [0.2, 0.25) is 0 Å². The van der Waals surface area contributed by atoms with E-state index in [0.717, 1.165) is 17.8 Å². The molecule has 0 amide bonds. The van der Waals surface area contributed by atoms with Gasteiger partial charge in [-0.15, -0.1) is 0 Å². The summed E-state index contributed by atoms with van der Waals surface area (Å²) in [5, 5.41) is 0. The standard InChI is InChI=1S/C20H28O/c1-13-11-15-16-5-4-8-19(16,2)9-7-17(15)20(3)10-6-14(21)12-18(13)20/h6,10,12-13,15-17H,4-5,7-9,11H2,1-3H3/t13-,15-,16-,17-,19-,20+/m0/s1. The first-order valence-electron chi connectivity index (χ1n) is 8.89. The molecule has 0 bridgehead atoms. The predicted octanol–water partition coefficient (Wildman–Crippen LogP) is 4.93. The van der Waals surface area contributed by atoms with Gasteiger partial charge in [0.15, 0.2) is 5.78 Å². The zero-order chi connectivity index (χ0) is 14.8. The average molecular weight is 284 g/mol. The van der Waals surface area contributed by atoms with Gasteiger partial charge in [-0.1, -0.05) is 38.8 Å². The Hall–Kier alpha value is -0.850. The van der Waals surface area contributed by atoms with E-state index in [4.69, 9.17) is 0 Å². The third-order valence-electron chi connectivity index (χ3n) is 7.66. The van der Waals surface area contributed by atoms with Crippen molar-refractivity contribution in [1.82, 2.24) is 0 Å². The maximum Gasteiger partial charge on any atom is 0.178 e. The van der Waals surface area contributed by atoms with Crippen LogP contribution in [0.25, 0.3) is 0 Å². The molecule has 1 heteroatoms. The van der Waals surface area contributed by atoms with Crippen LogP contribution < -0.4 is 0 Å². The number of hydrogen-bond acceptors (Lipinski definition) is 1. The first kappa shape index (κ1) is 13.8. The molecular formula is C20H28O. The summed E-state index contributed by atoms with van der Waals surface area (Å²) in [4.78, 5) is 11.8. The van der Waals surface area contributed by atoms with Crippen LogP contribution in [0.4, 0.5) is 0 Å². The highest BCUT2D eigenvalue weighted by molar-refractivity contribution is 6.01. The fourth-order valence-electron chi connectivity index (χ4n) is 6.61. The van der Waals surface area contributed by atoms with Crippen LogP contribution in [-0.2, 0) is 4.79 Å². The van der Waals surface area contributed by atoms with Gasteiger partial charge in [0.25, 0.3) is 0 Å². The highest BCUT2D eigenvalue weighted by Gasteiger charge is 2.56. The van der Waals surface area contributed by atoms with Crippen molar-refractivity contribution in [1.29, 1.82) is 0 Å². The SMILES string of the molecule is C[C@H]1C[C@H]2[C@@H]3CCC[C@@]3(C)CC[C@@H]2[C@@]2(C)C=CC(=O)C=C12. The van der Waals surface area contributed by atoms with Gasteiger partial charge < -0.3 is 0 Å². The van der Waals surface area contributed by atoms with Gasteiger partial charge in [0.1, 0.15) is 0 Å². The van der Waals surface area contributed by atoms with E-state index in [1.54, 1.807) is 0 Å². The Morgan fingerprint density at radius 3 is 2.76 bits per heavy atom. The number of carbonyl (C=O) groups excluding carboxylic acids is 1. The Morgan fingerprint density at radius 1 is 1.14 bits per heavy atom. The van der Waals surface area contributed by atoms with Crippen LogP contribution in [-0.4, -0.2) is 5.78 Å². The summed E-state index contributed by atoms with van der Waals surface area (Å²) in [5.41, 5.74) is 2.20. The van der Waals surface area contributed by atoms with Crippen molar-refractivity contribution in [2.24, 2.45) is 34.5 Å². The number of ketones is 1. The lowest BCUT2D eigenvalue weighted by Gasteiger charge is -2.57. The van der Waals surface area contributed by atoms with Gasteiger partial charge in [-0.3, -0.25) is 4.79 Å². The molecule has 0 aromatic carbocycles. The quantitative estimate of drug-likeness (QED) is 0.616. The Kier molecular flexibility index (Phi) is 2.85. The fourth-order valence-corrected chi connectivity index (χ4v) is 6.61. The number of fused-ring (bicyclic) bond motifs is 5. The van der Waals surface area contributed by atoms with Crippen LogP contribution in [0.15, 0.2) is 23.8 Å². The van der Waals surface area contributed by atoms with E-state index >= 15 is 0 Å². The van der Waals surface area contributed by atoms with E-state index in [1.165, 1.54) is 44.1 Å². The Bertz CT molecular complexity index is 542. The van der Waals surface area contributed by atoms with Gasteiger partial charge in [-0.2, -0.15) is 0 Å². The van der Waals surface area contributed by atoms with E-state index in [-0.39, 0.29) is 11.2 Å². The molecule has 3 fully saturated rings. The van der Waals surface area contributed by atoms with Gasteiger partial charge in [-0.25, -0.2) is 0 Å². The van der Waals surface area contributed by atoms with Crippen molar-refractivity contribution < 1.29 is 4.79 Å². The second-order valence-electron chi connectivity index (χ2n) is 8.72. The van der Waals surface area contributed by atoms with Crippen LogP contribution in [0.5, 0.6) is 0 Å². The normalized spacial score (nSPS) is 52.0. The third-order valence-corrected chi connectivity index (χ3v) is 7.66. The zero-order valence-electron chi connectivity index (χ0n) is 13.7. The second-order valence-corrected chi connectivity index (χ2v) is 8.72. The van der Waals surface area contributed by atoms with E-state index < -0.39 is 0 Å². The molecule has 4 aliphatic rings. The fraction of sp³-hybridized carbons (Fsp3) is 0.750. The van der Waals surface area contributed by atoms with Crippen LogP contribution >= 0.6 is 0 Å². The molecular weight excluding hydrogens is 256 g/mol. The molecule has 0 N–H and O–H groups in total. The summed E-state index contributed by atoms with van der Waals surface area (Å²) in [6.45, 7) is 7.32. The van der Waals surface area contributed by atoms with Gasteiger partial charge in [0.2, 0.25) is 0 Å². The molecule has 3 saturated carbocycles. The largest absolute Gasteiger partial charge is 0.290 e. The topological polar surface area (TPSA) is 17.1 Å². The number of carbonyl (C=O) groups is 1. The predicted molar refractivity (Wildman–Crippen MR) is 85.8 cm³/mol. The minimum absolute atomic E-state index is 0.153. The lowest BCUT2D eigenvalue weighted by atomic mass is 9.47. The molecule has 21 heavy (non-hydrogen) atoms. The first-order valence-corrected chi connectivity index (χ1v) is 8.89. The van der Waals surface area contributed by atoms with Crippen molar-refractivity contribution in [3.05, 3.63) is 23.8 Å². The molecule has 0 aromatic heterocycles. The number of allylic oxidation sites excluding steroid dienone is 4. The molecule has 0 aliphatic heterocycles. The van der Waals surface area contributed by atoms with Crippen molar-refractivity contribution in [3.63, 3.8) is 0 Å². The summed E-state index contributed by atoms with van der Waals surface area (Å²) in [6.07, 6.45) is 14.5. The number of rotatable bonds is 0. The Balaban J connectivity index is 1.75. The lowest BCUT2D eigenvalue weighted by Crippen LogP contribution is -2.50. The minimum atomic E-state index is 0.153. The molecule has 0 saturated heterocycles. The van der Waals surface area contributed by atoms with Crippen molar-refractivity contribution in [3.8, 4) is 0 Å². The van der Waals surface area contributed by atoms with Crippen molar-refractivity contribution in [2.45, 2.75) is 59.3 Å². The molecule has 0 aromatic rings. The molecule has 6 atom stereocenters. The molecule has 114 valence electrons. The highest BCUT2D eigenvalue weighted by atomic mass is 16.1. The van der Waals surface area contributed by atoms with Gasteiger partial charge in [0.05, 0.1) is 0 Å². The molecule has 1 nitrogen and oxygen atoms in total. The molecule has 0 radical (unpaired) electrons. The molecule has 4 aliphatic carbocycles. The molecule has 0 unspecified atom stereocenters. The summed E-state index contributed by atoms with van der Waals surface area (Å²) >= 11 is 0. The van der Waals surface area contributed by atoms with E-state index in [2.05, 4.69) is 26.8 Å². The maximum absolute atomic E-state index is 11.8. The molecule has 4 rings (SSSR count). The van der Waals surface area contributed by atoms with Crippen LogP contribution in [0.1, 0.15) is 59.3 Å². The van der Waals surface area contributed by atoms with Crippen LogP contribution in [0, 0.1) is 34.5 Å². The third kappa shape index (κ3) is 1.79. The van der Waals surface area contributed by atoms with Crippen molar-refractivity contribution >= 4 is 5.78 Å². The monoisotopic (exact) mass is 284 g/mol. The van der Waals surface area contributed by atoms with Crippen molar-refractivity contribution in [2.75, 3.05) is 0 Å². The summed E-state index contributed by atoms with van der Waals surface area (Å²) in [6, 6.07) is 0. The summed E-state index contributed by atoms with van der Waals surface area (Å²) in [7, 11) is 0. The van der Waals surface area contributed by atoms with Crippen LogP contribution in [0.3, 0.4) is 0 Å². The molecule has 0 heterocycles. The smallest absolute Gasteiger partial charge is 0.178 e. The Labute approximate surface area is 128 Å². The number of hydrogen-bond donors (Lipinski definition) is 0. The average Bonchev–Trinajstić information content (AvgIpc) is 2.83. The minimum Gasteiger partial charge on any atom is -0.290 e. The summed E-state index contributed by atoms with van der Waals surface area (Å²) < 4.78 is 0. The van der Waals surface area contributed by atoms with E-state index in [9.17, 15) is 4.79 Å². The Morgan fingerprint density at radius 2 is 1.95 bits per heavy atom. The van der Waals surface area contributed by atoms with Gasteiger partial charge in [0, 0.05) is 5.41 Å². The maximum atomic E-state index is 11.8.